The van der Waals surface area contributed by atoms with Crippen molar-refractivity contribution in [2.45, 2.75) is 50.4 Å². The van der Waals surface area contributed by atoms with Gasteiger partial charge >= 0.3 is 13.1 Å². The predicted molar refractivity (Wildman–Crippen MR) is 60.7 cm³/mol. The molecule has 0 amide bonds. The molecule has 0 saturated heterocycles. The topological polar surface area (TPSA) is 104 Å². The summed E-state index contributed by atoms with van der Waals surface area (Å²) in [6.45, 7) is 0. The van der Waals surface area contributed by atoms with Crippen LogP contribution in [0.25, 0.3) is 0 Å². The van der Waals surface area contributed by atoms with Gasteiger partial charge in [-0.2, -0.15) is 0 Å². The van der Waals surface area contributed by atoms with Gasteiger partial charge in [0.2, 0.25) is 0 Å². The number of carbonyl (C=O) groups is 1. The van der Waals surface area contributed by atoms with Crippen LogP contribution in [0.3, 0.4) is 0 Å². The molecule has 16 heavy (non-hydrogen) atoms. The van der Waals surface area contributed by atoms with Crippen LogP contribution in [0.4, 0.5) is 0 Å². The quantitative estimate of drug-likeness (QED) is 0.504. The molecule has 2 atom stereocenters. The van der Waals surface area contributed by atoms with Crippen molar-refractivity contribution in [3.05, 3.63) is 0 Å². The Labute approximate surface area is 95.8 Å². The van der Waals surface area contributed by atoms with E-state index >= 15 is 0 Å². The lowest BCUT2D eigenvalue weighted by Gasteiger charge is -2.34. The van der Waals surface area contributed by atoms with Crippen LogP contribution in [0, 0.1) is 5.92 Å². The first kappa shape index (κ1) is 13.5. The second-order valence-corrected chi connectivity index (χ2v) is 4.84. The van der Waals surface area contributed by atoms with Crippen molar-refractivity contribution in [3.63, 3.8) is 0 Å². The average Bonchev–Trinajstić information content (AvgIpc) is 2.17. The molecule has 0 aliphatic heterocycles. The molecule has 0 aromatic rings. The number of rotatable bonds is 5. The van der Waals surface area contributed by atoms with Gasteiger partial charge in [-0.1, -0.05) is 25.7 Å². The van der Waals surface area contributed by atoms with E-state index in [1.54, 1.807) is 0 Å². The van der Waals surface area contributed by atoms with Crippen molar-refractivity contribution in [2.24, 2.45) is 11.7 Å². The van der Waals surface area contributed by atoms with Crippen molar-refractivity contribution in [1.29, 1.82) is 0 Å². The largest absolute Gasteiger partial charge is 0.480 e. The molecule has 5 nitrogen and oxygen atoms in total. The molecule has 92 valence electrons. The number of nitrogens with two attached hydrogens (primary N) is 1. The van der Waals surface area contributed by atoms with Gasteiger partial charge in [-0.05, 0) is 25.1 Å². The number of aliphatic carboxylic acids is 1. The summed E-state index contributed by atoms with van der Waals surface area (Å²) < 4.78 is 0. The zero-order valence-electron chi connectivity index (χ0n) is 9.43. The highest BCUT2D eigenvalue weighted by Crippen LogP contribution is 2.33. The van der Waals surface area contributed by atoms with E-state index in [1.165, 1.54) is 0 Å². The molecule has 0 bridgehead atoms. The minimum atomic E-state index is -1.26. The van der Waals surface area contributed by atoms with E-state index in [4.69, 9.17) is 20.9 Å². The fourth-order valence-electron chi connectivity index (χ4n) is 2.46. The van der Waals surface area contributed by atoms with Crippen molar-refractivity contribution in [3.8, 4) is 0 Å². The van der Waals surface area contributed by atoms with Gasteiger partial charge < -0.3 is 20.9 Å². The van der Waals surface area contributed by atoms with Crippen LogP contribution in [0.2, 0.25) is 6.32 Å². The molecule has 5 N–H and O–H groups in total. The highest BCUT2D eigenvalue weighted by Gasteiger charge is 2.38. The van der Waals surface area contributed by atoms with Crippen molar-refractivity contribution < 1.29 is 19.9 Å². The van der Waals surface area contributed by atoms with Gasteiger partial charge in [0.05, 0.1) is 0 Å². The van der Waals surface area contributed by atoms with Crippen LogP contribution in [-0.4, -0.2) is 33.8 Å². The first-order valence-electron chi connectivity index (χ1n) is 5.82. The minimum absolute atomic E-state index is 0.300. The molecule has 1 rings (SSSR count). The number of carboxylic acid groups (broad SMARTS) is 1. The third-order valence-corrected chi connectivity index (χ3v) is 3.39. The second-order valence-electron chi connectivity index (χ2n) is 4.84. The van der Waals surface area contributed by atoms with E-state index < -0.39 is 18.6 Å². The molecule has 0 radical (unpaired) electrons. The van der Waals surface area contributed by atoms with E-state index in [1.807, 2.05) is 0 Å². The molecule has 1 aliphatic carbocycles. The van der Waals surface area contributed by atoms with Gasteiger partial charge in [-0.3, -0.25) is 4.79 Å². The summed E-state index contributed by atoms with van der Waals surface area (Å²) in [6.07, 6.45) is 4.76. The van der Waals surface area contributed by atoms with Gasteiger partial charge in [0, 0.05) is 0 Å². The number of carboxylic acids is 1. The van der Waals surface area contributed by atoms with Crippen molar-refractivity contribution >= 4 is 13.1 Å². The summed E-state index contributed by atoms with van der Waals surface area (Å²) in [4.78, 5) is 11.0. The highest BCUT2D eigenvalue weighted by atomic mass is 16.4. The fraction of sp³-hybridized carbons (Fsp3) is 0.900. The Balaban J connectivity index is 2.36. The molecule has 1 saturated carbocycles. The minimum Gasteiger partial charge on any atom is -0.480 e. The van der Waals surface area contributed by atoms with Crippen LogP contribution < -0.4 is 5.73 Å². The van der Waals surface area contributed by atoms with Gasteiger partial charge in [0.1, 0.15) is 5.54 Å². The maximum Gasteiger partial charge on any atom is 0.451 e. The molecule has 2 unspecified atom stereocenters. The average molecular weight is 229 g/mol. The van der Waals surface area contributed by atoms with Gasteiger partial charge in [0.15, 0.2) is 0 Å². The molecule has 1 aliphatic rings. The standard InChI is InChI=1S/C10H20BNO4/c12-10(9(13)14)5-1-3-8(7-10)4-2-6-11(15)16/h8,15-16H,1-7,12H2,(H,13,14). The third-order valence-electron chi connectivity index (χ3n) is 3.39. The molecule has 0 aromatic carbocycles. The van der Waals surface area contributed by atoms with Gasteiger partial charge in [0.25, 0.3) is 0 Å². The molecule has 1 fully saturated rings. The number of hydrogen-bond donors (Lipinski definition) is 4. The first-order chi connectivity index (χ1) is 7.44. The van der Waals surface area contributed by atoms with Crippen LogP contribution in [0.5, 0.6) is 0 Å². The molecule has 6 heteroatoms. The van der Waals surface area contributed by atoms with Crippen LogP contribution in [0.1, 0.15) is 38.5 Å². The third kappa shape index (κ3) is 3.77. The Morgan fingerprint density at radius 1 is 1.50 bits per heavy atom. The van der Waals surface area contributed by atoms with E-state index in [2.05, 4.69) is 0 Å². The van der Waals surface area contributed by atoms with E-state index in [0.29, 0.717) is 31.5 Å². The lowest BCUT2D eigenvalue weighted by molar-refractivity contribution is -0.145. The van der Waals surface area contributed by atoms with Gasteiger partial charge in [-0.15, -0.1) is 0 Å². The summed E-state index contributed by atoms with van der Waals surface area (Å²) in [6, 6.07) is 0. The summed E-state index contributed by atoms with van der Waals surface area (Å²) >= 11 is 0. The van der Waals surface area contributed by atoms with Crippen LogP contribution >= 0.6 is 0 Å². The summed E-state index contributed by atoms with van der Waals surface area (Å²) in [5, 5.41) is 26.4. The molecule has 0 heterocycles. The van der Waals surface area contributed by atoms with E-state index in [-0.39, 0.29) is 0 Å². The zero-order chi connectivity index (χ0) is 12.2. The molecule has 0 aromatic heterocycles. The Morgan fingerprint density at radius 2 is 2.19 bits per heavy atom. The summed E-state index contributed by atoms with van der Waals surface area (Å²) in [5.41, 5.74) is 4.76. The van der Waals surface area contributed by atoms with Crippen molar-refractivity contribution in [2.75, 3.05) is 0 Å². The predicted octanol–water partition coefficient (Wildman–Crippen LogP) is 0.212. The molecule has 0 spiro atoms. The zero-order valence-corrected chi connectivity index (χ0v) is 9.43. The van der Waals surface area contributed by atoms with Crippen LogP contribution in [-0.2, 0) is 4.79 Å². The van der Waals surface area contributed by atoms with Crippen molar-refractivity contribution in [1.82, 2.24) is 0 Å². The Kier molecular flexibility index (Phi) is 4.77. The lowest BCUT2D eigenvalue weighted by Crippen LogP contribution is -2.51. The molecular formula is C10H20BNO4. The summed E-state index contributed by atoms with van der Waals surface area (Å²) in [7, 11) is -1.26. The Bertz CT molecular complexity index is 249. The summed E-state index contributed by atoms with van der Waals surface area (Å²) in [5.74, 6) is -0.618. The van der Waals surface area contributed by atoms with E-state index in [9.17, 15) is 4.79 Å². The SMILES string of the molecule is NC1(C(=O)O)CCCC(CCCB(O)O)C1. The maximum absolute atomic E-state index is 11.0. The van der Waals surface area contributed by atoms with Gasteiger partial charge in [-0.25, -0.2) is 0 Å². The Morgan fingerprint density at radius 3 is 2.75 bits per heavy atom. The Hall–Kier alpha value is -0.585. The fourth-order valence-corrected chi connectivity index (χ4v) is 2.46. The number of hydrogen-bond acceptors (Lipinski definition) is 4. The maximum atomic E-state index is 11.0. The van der Waals surface area contributed by atoms with E-state index in [0.717, 1.165) is 19.3 Å². The first-order valence-corrected chi connectivity index (χ1v) is 5.82. The smallest absolute Gasteiger partial charge is 0.451 e. The normalized spacial score (nSPS) is 30.1. The molecular weight excluding hydrogens is 209 g/mol. The lowest BCUT2D eigenvalue weighted by atomic mass is 9.73. The van der Waals surface area contributed by atoms with Crippen LogP contribution in [0.15, 0.2) is 0 Å². The second kappa shape index (κ2) is 5.66. The monoisotopic (exact) mass is 229 g/mol. The highest BCUT2D eigenvalue weighted by molar-refractivity contribution is 6.40.